The van der Waals surface area contributed by atoms with Crippen molar-refractivity contribution in [1.29, 1.82) is 0 Å². The third-order valence-corrected chi connectivity index (χ3v) is 6.30. The van der Waals surface area contributed by atoms with Gasteiger partial charge in [0, 0.05) is 30.5 Å². The van der Waals surface area contributed by atoms with Crippen molar-refractivity contribution in [1.82, 2.24) is 0 Å². The first-order valence-corrected chi connectivity index (χ1v) is 12.0. The second-order valence-corrected chi connectivity index (χ2v) is 8.78. The molecule has 1 aliphatic rings. The molecule has 0 radical (unpaired) electrons. The van der Waals surface area contributed by atoms with Crippen molar-refractivity contribution in [3.05, 3.63) is 88.8 Å². The van der Waals surface area contributed by atoms with Crippen LogP contribution in [0.5, 0.6) is 5.75 Å². The molecular weight excluding hydrogens is 456 g/mol. The lowest BCUT2D eigenvalue weighted by molar-refractivity contribution is -0.122. The Kier molecular flexibility index (Phi) is 6.73. The topological polar surface area (TPSA) is 81.0 Å². The van der Waals surface area contributed by atoms with E-state index in [1.807, 2.05) is 54.6 Å². The van der Waals surface area contributed by atoms with E-state index in [9.17, 15) is 9.59 Å². The third-order valence-electron chi connectivity index (χ3n) is 6.30. The second-order valence-electron chi connectivity index (χ2n) is 8.78. The molecule has 1 aromatic heterocycles. The molecule has 3 aromatic carbocycles. The Morgan fingerprint density at radius 2 is 1.72 bits per heavy atom. The highest BCUT2D eigenvalue weighted by molar-refractivity contribution is 5.94. The molecule has 1 N–H and O–H groups in total. The van der Waals surface area contributed by atoms with Gasteiger partial charge >= 0.3 is 0 Å². The SMILES string of the molecule is Cc1oc2cc(O[C@@H](C)C(=O)Nc3ccc(N4CCOCC4)cc3)ccc2c(=O)c1-c1ccccc1. The molecule has 0 bridgehead atoms. The molecule has 1 fully saturated rings. The van der Waals surface area contributed by atoms with Gasteiger partial charge in [0.25, 0.3) is 5.91 Å². The van der Waals surface area contributed by atoms with Gasteiger partial charge < -0.3 is 24.1 Å². The van der Waals surface area contributed by atoms with Crippen LogP contribution in [0.4, 0.5) is 11.4 Å². The van der Waals surface area contributed by atoms with Crippen LogP contribution in [-0.2, 0) is 9.53 Å². The molecule has 0 aliphatic carbocycles. The van der Waals surface area contributed by atoms with Crippen molar-refractivity contribution in [2.45, 2.75) is 20.0 Å². The predicted octanol–water partition coefficient (Wildman–Crippen LogP) is 5.01. The zero-order valence-electron chi connectivity index (χ0n) is 20.3. The van der Waals surface area contributed by atoms with Gasteiger partial charge in [-0.25, -0.2) is 0 Å². The minimum atomic E-state index is -0.752. The minimum Gasteiger partial charge on any atom is -0.481 e. The maximum atomic E-state index is 13.1. The Labute approximate surface area is 209 Å². The molecule has 5 rings (SSSR count). The van der Waals surface area contributed by atoms with Gasteiger partial charge in [-0.3, -0.25) is 9.59 Å². The van der Waals surface area contributed by atoms with E-state index in [0.29, 0.717) is 33.7 Å². The fourth-order valence-electron chi connectivity index (χ4n) is 4.38. The average Bonchev–Trinajstić information content (AvgIpc) is 2.90. The third kappa shape index (κ3) is 4.97. The van der Waals surface area contributed by atoms with Crippen molar-refractivity contribution < 1.29 is 18.7 Å². The molecule has 7 nitrogen and oxygen atoms in total. The molecule has 184 valence electrons. The molecule has 1 atom stereocenters. The number of fused-ring (bicyclic) bond motifs is 1. The summed E-state index contributed by atoms with van der Waals surface area (Å²) in [6.45, 7) is 6.61. The molecule has 0 spiro atoms. The maximum absolute atomic E-state index is 13.1. The summed E-state index contributed by atoms with van der Waals surface area (Å²) >= 11 is 0. The molecule has 4 aromatic rings. The van der Waals surface area contributed by atoms with E-state index in [4.69, 9.17) is 13.9 Å². The zero-order valence-corrected chi connectivity index (χ0v) is 20.3. The van der Waals surface area contributed by atoms with Gasteiger partial charge in [-0.1, -0.05) is 30.3 Å². The number of hydrogen-bond acceptors (Lipinski definition) is 6. The molecule has 1 aliphatic heterocycles. The second kappa shape index (κ2) is 10.3. The lowest BCUT2D eigenvalue weighted by Gasteiger charge is -2.29. The highest BCUT2D eigenvalue weighted by Crippen LogP contribution is 2.27. The number of anilines is 2. The normalized spacial score (nSPS) is 14.4. The summed E-state index contributed by atoms with van der Waals surface area (Å²) in [5.74, 6) is 0.705. The number of ether oxygens (including phenoxy) is 2. The van der Waals surface area contributed by atoms with Crippen LogP contribution in [0.15, 0.2) is 82.0 Å². The van der Waals surface area contributed by atoms with E-state index >= 15 is 0 Å². The van der Waals surface area contributed by atoms with Crippen LogP contribution >= 0.6 is 0 Å². The number of hydrogen-bond donors (Lipinski definition) is 1. The molecule has 0 saturated carbocycles. The fourth-order valence-corrected chi connectivity index (χ4v) is 4.38. The molecular formula is C29H28N2O5. The zero-order chi connectivity index (χ0) is 25.1. The van der Waals surface area contributed by atoms with Crippen LogP contribution in [0.3, 0.4) is 0 Å². The van der Waals surface area contributed by atoms with Crippen LogP contribution in [0.25, 0.3) is 22.1 Å². The average molecular weight is 485 g/mol. The first kappa shape index (κ1) is 23.6. The number of carbonyl (C=O) groups is 1. The summed E-state index contributed by atoms with van der Waals surface area (Å²) in [4.78, 5) is 28.1. The lowest BCUT2D eigenvalue weighted by Crippen LogP contribution is -2.36. The number of aryl methyl sites for hydroxylation is 1. The maximum Gasteiger partial charge on any atom is 0.265 e. The molecule has 36 heavy (non-hydrogen) atoms. The van der Waals surface area contributed by atoms with Crippen LogP contribution < -0.4 is 20.4 Å². The van der Waals surface area contributed by atoms with Gasteiger partial charge in [-0.2, -0.15) is 0 Å². The van der Waals surface area contributed by atoms with E-state index in [2.05, 4.69) is 10.2 Å². The van der Waals surface area contributed by atoms with Crippen molar-refractivity contribution in [3.63, 3.8) is 0 Å². The van der Waals surface area contributed by atoms with Gasteiger partial charge in [-0.15, -0.1) is 0 Å². The smallest absolute Gasteiger partial charge is 0.265 e. The number of carbonyl (C=O) groups excluding carboxylic acids is 1. The number of nitrogens with zero attached hydrogens (tertiary/aromatic N) is 1. The number of morpholine rings is 1. The Morgan fingerprint density at radius 1 is 1.00 bits per heavy atom. The number of rotatable bonds is 6. The Bertz CT molecular complexity index is 1420. The monoisotopic (exact) mass is 484 g/mol. The minimum absolute atomic E-state index is 0.0992. The summed E-state index contributed by atoms with van der Waals surface area (Å²) in [5.41, 5.74) is 3.47. The van der Waals surface area contributed by atoms with E-state index in [1.165, 1.54) is 0 Å². The van der Waals surface area contributed by atoms with Crippen molar-refractivity contribution >= 4 is 28.3 Å². The van der Waals surface area contributed by atoms with Crippen molar-refractivity contribution in [2.24, 2.45) is 0 Å². The van der Waals surface area contributed by atoms with Crippen molar-refractivity contribution in [2.75, 3.05) is 36.5 Å². The highest BCUT2D eigenvalue weighted by Gasteiger charge is 2.18. The molecule has 7 heteroatoms. The van der Waals surface area contributed by atoms with E-state index in [0.717, 1.165) is 37.6 Å². The summed E-state index contributed by atoms with van der Waals surface area (Å²) < 4.78 is 17.2. The van der Waals surface area contributed by atoms with Gasteiger partial charge in [0.15, 0.2) is 6.10 Å². The van der Waals surface area contributed by atoms with Crippen molar-refractivity contribution in [3.8, 4) is 16.9 Å². The van der Waals surface area contributed by atoms with Crippen LogP contribution in [0.2, 0.25) is 0 Å². The summed E-state index contributed by atoms with van der Waals surface area (Å²) in [7, 11) is 0. The highest BCUT2D eigenvalue weighted by atomic mass is 16.5. The van der Waals surface area contributed by atoms with Crippen LogP contribution in [0, 0.1) is 6.92 Å². The van der Waals surface area contributed by atoms with Crippen LogP contribution in [0.1, 0.15) is 12.7 Å². The molecule has 1 saturated heterocycles. The quantitative estimate of drug-likeness (QED) is 0.414. The fraction of sp³-hybridized carbons (Fsp3) is 0.241. The number of nitrogens with one attached hydrogen (secondary N) is 1. The predicted molar refractivity (Wildman–Crippen MR) is 141 cm³/mol. The molecule has 1 amide bonds. The van der Waals surface area contributed by atoms with Gasteiger partial charge in [0.2, 0.25) is 5.43 Å². The molecule has 2 heterocycles. The standard InChI is InChI=1S/C29H28N2O5/c1-19-27(21-6-4-3-5-7-21)28(32)25-13-12-24(18-26(25)36-19)35-20(2)29(33)30-22-8-10-23(11-9-22)31-14-16-34-17-15-31/h3-13,18,20H,14-17H2,1-2H3,(H,30,33)/t20-/m0/s1. The first-order chi connectivity index (χ1) is 17.5. The largest absolute Gasteiger partial charge is 0.481 e. The summed E-state index contributed by atoms with van der Waals surface area (Å²) in [6, 6.07) is 22.2. The van der Waals surface area contributed by atoms with Gasteiger partial charge in [-0.05, 0) is 55.8 Å². The Morgan fingerprint density at radius 3 is 2.44 bits per heavy atom. The first-order valence-electron chi connectivity index (χ1n) is 12.0. The van der Waals surface area contributed by atoms with Gasteiger partial charge in [0.1, 0.15) is 17.1 Å². The van der Waals surface area contributed by atoms with Crippen LogP contribution in [-0.4, -0.2) is 38.3 Å². The Hall–Kier alpha value is -4.10. The summed E-state index contributed by atoms with van der Waals surface area (Å²) in [5, 5.41) is 3.35. The van der Waals surface area contributed by atoms with E-state index in [-0.39, 0.29) is 11.3 Å². The number of benzene rings is 3. The van der Waals surface area contributed by atoms with Gasteiger partial charge in [0.05, 0.1) is 24.2 Å². The Balaban J connectivity index is 1.28. The van der Waals surface area contributed by atoms with E-state index in [1.54, 1.807) is 32.0 Å². The number of amides is 1. The lowest BCUT2D eigenvalue weighted by atomic mass is 10.0. The van der Waals surface area contributed by atoms with E-state index < -0.39 is 6.10 Å². The molecule has 0 unspecified atom stereocenters. The summed E-state index contributed by atoms with van der Waals surface area (Å²) in [6.07, 6.45) is -0.752.